The molecule has 0 unspecified atom stereocenters. The van der Waals surface area contributed by atoms with Crippen molar-refractivity contribution in [2.24, 2.45) is 0 Å². The maximum Gasteiger partial charge on any atom is 0.573 e. The van der Waals surface area contributed by atoms with E-state index in [-0.39, 0.29) is 18.1 Å². The van der Waals surface area contributed by atoms with Crippen molar-refractivity contribution in [3.63, 3.8) is 0 Å². The molecule has 112 valence electrons. The summed E-state index contributed by atoms with van der Waals surface area (Å²) in [6, 6.07) is 5.54. The van der Waals surface area contributed by atoms with Crippen LogP contribution in [0.1, 0.15) is 18.9 Å². The number of benzene rings is 1. The fourth-order valence-corrected chi connectivity index (χ4v) is 1.47. The molecule has 1 aromatic rings. The number of ether oxygens (including phenoxy) is 2. The van der Waals surface area contributed by atoms with E-state index in [9.17, 15) is 18.0 Å². The molecule has 0 aromatic heterocycles. The Balaban J connectivity index is 2.30. The molecule has 0 heterocycles. The van der Waals surface area contributed by atoms with Crippen molar-refractivity contribution in [2.75, 3.05) is 13.2 Å². The molecule has 0 fully saturated rings. The van der Waals surface area contributed by atoms with Crippen molar-refractivity contribution in [1.82, 2.24) is 5.32 Å². The van der Waals surface area contributed by atoms with Gasteiger partial charge in [-0.3, -0.25) is 4.79 Å². The lowest BCUT2D eigenvalue weighted by Gasteiger charge is -2.09. The first-order valence-corrected chi connectivity index (χ1v) is 6.11. The zero-order valence-electron chi connectivity index (χ0n) is 11.0. The van der Waals surface area contributed by atoms with Gasteiger partial charge >= 0.3 is 12.3 Å². The highest BCUT2D eigenvalue weighted by Crippen LogP contribution is 2.22. The van der Waals surface area contributed by atoms with Crippen LogP contribution in [0.4, 0.5) is 13.2 Å². The van der Waals surface area contributed by atoms with Crippen molar-refractivity contribution < 1.29 is 27.4 Å². The molecule has 0 amide bonds. The smallest absolute Gasteiger partial charge is 0.466 e. The van der Waals surface area contributed by atoms with Gasteiger partial charge in [-0.1, -0.05) is 12.1 Å². The lowest BCUT2D eigenvalue weighted by molar-refractivity contribution is -0.274. The standard InChI is InChI=1S/C13H16F3NO3/c1-2-19-12(18)7-8-17-9-10-3-5-11(6-4-10)20-13(14,15)16/h3-6,17H,2,7-9H2,1H3. The van der Waals surface area contributed by atoms with Gasteiger partial charge in [-0.2, -0.15) is 0 Å². The number of nitrogens with one attached hydrogen (secondary N) is 1. The molecule has 0 saturated heterocycles. The molecule has 7 heteroatoms. The van der Waals surface area contributed by atoms with Gasteiger partial charge in [-0.05, 0) is 24.6 Å². The third-order valence-electron chi connectivity index (χ3n) is 2.30. The fraction of sp³-hybridized carbons (Fsp3) is 0.462. The normalized spacial score (nSPS) is 11.2. The molecule has 4 nitrogen and oxygen atoms in total. The maximum atomic E-state index is 12.0. The van der Waals surface area contributed by atoms with Crippen molar-refractivity contribution in [3.8, 4) is 5.75 Å². The zero-order valence-corrected chi connectivity index (χ0v) is 11.0. The number of esters is 1. The summed E-state index contributed by atoms with van der Waals surface area (Å²) in [5.41, 5.74) is 0.795. The Labute approximate surface area is 114 Å². The zero-order chi connectivity index (χ0) is 15.0. The van der Waals surface area contributed by atoms with Gasteiger partial charge in [0.05, 0.1) is 13.0 Å². The van der Waals surface area contributed by atoms with Crippen molar-refractivity contribution in [2.45, 2.75) is 26.3 Å². The van der Waals surface area contributed by atoms with Gasteiger partial charge in [0, 0.05) is 13.1 Å². The second-order valence-electron chi connectivity index (χ2n) is 3.92. The summed E-state index contributed by atoms with van der Waals surface area (Å²) < 4.78 is 44.4. The number of hydrogen-bond donors (Lipinski definition) is 1. The quantitative estimate of drug-likeness (QED) is 0.619. The predicted molar refractivity (Wildman–Crippen MR) is 66.1 cm³/mol. The van der Waals surface area contributed by atoms with Gasteiger partial charge in [0.15, 0.2) is 0 Å². The van der Waals surface area contributed by atoms with E-state index in [1.54, 1.807) is 6.92 Å². The number of hydrogen-bond acceptors (Lipinski definition) is 4. The molecular weight excluding hydrogens is 275 g/mol. The van der Waals surface area contributed by atoms with Crippen LogP contribution in [0.3, 0.4) is 0 Å². The van der Waals surface area contributed by atoms with E-state index >= 15 is 0 Å². The Hall–Kier alpha value is -1.76. The lowest BCUT2D eigenvalue weighted by atomic mass is 10.2. The first kappa shape index (κ1) is 16.3. The van der Waals surface area contributed by atoms with Crippen LogP contribution < -0.4 is 10.1 Å². The van der Waals surface area contributed by atoms with Crippen LogP contribution in [-0.2, 0) is 16.1 Å². The van der Waals surface area contributed by atoms with Gasteiger partial charge in [0.25, 0.3) is 0 Å². The van der Waals surface area contributed by atoms with Gasteiger partial charge in [-0.15, -0.1) is 13.2 Å². The van der Waals surface area contributed by atoms with Gasteiger partial charge in [0.2, 0.25) is 0 Å². The first-order chi connectivity index (χ1) is 9.40. The van der Waals surface area contributed by atoms with Crippen LogP contribution in [0.5, 0.6) is 5.75 Å². The predicted octanol–water partition coefficient (Wildman–Crippen LogP) is 2.63. The number of halogens is 3. The van der Waals surface area contributed by atoms with Crippen LogP contribution >= 0.6 is 0 Å². The molecule has 0 aliphatic heterocycles. The molecule has 1 aromatic carbocycles. The third kappa shape index (κ3) is 6.98. The molecule has 1 N–H and O–H groups in total. The minimum absolute atomic E-state index is 0.253. The summed E-state index contributed by atoms with van der Waals surface area (Å²) in [7, 11) is 0. The Morgan fingerprint density at radius 3 is 2.45 bits per heavy atom. The van der Waals surface area contributed by atoms with E-state index in [1.165, 1.54) is 24.3 Å². The molecule has 0 radical (unpaired) electrons. The first-order valence-electron chi connectivity index (χ1n) is 6.11. The molecule has 0 atom stereocenters. The third-order valence-corrected chi connectivity index (χ3v) is 2.30. The summed E-state index contributed by atoms with van der Waals surface area (Å²) in [6.07, 6.45) is -4.43. The molecule has 0 saturated carbocycles. The number of carbonyl (C=O) groups excluding carboxylic acids is 1. The molecule has 20 heavy (non-hydrogen) atoms. The van der Waals surface area contributed by atoms with E-state index < -0.39 is 6.36 Å². The van der Waals surface area contributed by atoms with Crippen LogP contribution in [0.2, 0.25) is 0 Å². The van der Waals surface area contributed by atoms with E-state index in [0.29, 0.717) is 19.7 Å². The van der Waals surface area contributed by atoms with E-state index in [0.717, 1.165) is 5.56 Å². The summed E-state index contributed by atoms with van der Waals surface area (Å²) in [5.74, 6) is -0.540. The summed E-state index contributed by atoms with van der Waals surface area (Å²) in [6.45, 7) is 2.97. The highest BCUT2D eigenvalue weighted by molar-refractivity contribution is 5.69. The van der Waals surface area contributed by atoms with E-state index in [4.69, 9.17) is 4.74 Å². The second-order valence-corrected chi connectivity index (χ2v) is 3.92. The summed E-state index contributed by atoms with van der Waals surface area (Å²) >= 11 is 0. The molecule has 0 bridgehead atoms. The Morgan fingerprint density at radius 1 is 1.25 bits per heavy atom. The lowest BCUT2D eigenvalue weighted by Crippen LogP contribution is -2.19. The average molecular weight is 291 g/mol. The largest absolute Gasteiger partial charge is 0.573 e. The molecule has 0 aliphatic rings. The summed E-state index contributed by atoms with van der Waals surface area (Å²) in [5, 5.41) is 2.99. The summed E-state index contributed by atoms with van der Waals surface area (Å²) in [4.78, 5) is 11.0. The highest BCUT2D eigenvalue weighted by atomic mass is 19.4. The van der Waals surface area contributed by atoms with Crippen molar-refractivity contribution >= 4 is 5.97 Å². The minimum Gasteiger partial charge on any atom is -0.466 e. The maximum absolute atomic E-state index is 12.0. The molecular formula is C13H16F3NO3. The minimum atomic E-state index is -4.68. The molecule has 0 aliphatic carbocycles. The van der Waals surface area contributed by atoms with Crippen LogP contribution in [0, 0.1) is 0 Å². The van der Waals surface area contributed by atoms with Gasteiger partial charge in [-0.25, -0.2) is 0 Å². The fourth-order valence-electron chi connectivity index (χ4n) is 1.47. The number of carbonyl (C=O) groups is 1. The Kier molecular flexibility index (Phi) is 6.30. The number of alkyl halides is 3. The topological polar surface area (TPSA) is 47.6 Å². The monoisotopic (exact) mass is 291 g/mol. The van der Waals surface area contributed by atoms with E-state index in [1.807, 2.05) is 0 Å². The van der Waals surface area contributed by atoms with Gasteiger partial charge < -0.3 is 14.8 Å². The average Bonchev–Trinajstić information content (AvgIpc) is 2.35. The van der Waals surface area contributed by atoms with Crippen LogP contribution in [0.25, 0.3) is 0 Å². The number of rotatable bonds is 7. The molecule has 1 rings (SSSR count). The van der Waals surface area contributed by atoms with Crippen LogP contribution in [0.15, 0.2) is 24.3 Å². The van der Waals surface area contributed by atoms with E-state index in [2.05, 4.69) is 10.1 Å². The van der Waals surface area contributed by atoms with Crippen LogP contribution in [-0.4, -0.2) is 25.5 Å². The second kappa shape index (κ2) is 7.74. The van der Waals surface area contributed by atoms with Crippen molar-refractivity contribution in [3.05, 3.63) is 29.8 Å². The molecule has 0 spiro atoms. The highest BCUT2D eigenvalue weighted by Gasteiger charge is 2.30. The Bertz CT molecular complexity index is 418. The SMILES string of the molecule is CCOC(=O)CCNCc1ccc(OC(F)(F)F)cc1. The van der Waals surface area contributed by atoms with Gasteiger partial charge in [0.1, 0.15) is 5.75 Å². The van der Waals surface area contributed by atoms with Crippen molar-refractivity contribution in [1.29, 1.82) is 0 Å². The Morgan fingerprint density at radius 2 is 1.90 bits per heavy atom.